The summed E-state index contributed by atoms with van der Waals surface area (Å²) in [6.45, 7) is 0. The number of rotatable bonds is 1. The number of halogens is 1. The lowest BCUT2D eigenvalue weighted by molar-refractivity contribution is 0.489. The second-order valence-electron chi connectivity index (χ2n) is 2.80. The van der Waals surface area contributed by atoms with E-state index in [4.69, 9.17) is 21.3 Å². The molecule has 56 valence electrons. The van der Waals surface area contributed by atoms with E-state index < -0.39 is 0 Å². The standard InChI is InChI=1S/C8H6ClNO/c9-7-2-1-6(11-7)8(5-10)3-4-8/h1-2H,3-4H2. The topological polar surface area (TPSA) is 36.9 Å². The number of hydrogen-bond acceptors (Lipinski definition) is 2. The van der Waals surface area contributed by atoms with Crippen LogP contribution in [0.25, 0.3) is 0 Å². The monoisotopic (exact) mass is 167 g/mol. The van der Waals surface area contributed by atoms with Crippen molar-refractivity contribution in [3.05, 3.63) is 23.1 Å². The molecule has 1 aromatic heterocycles. The molecule has 0 bridgehead atoms. The fourth-order valence-electron chi connectivity index (χ4n) is 1.11. The summed E-state index contributed by atoms with van der Waals surface area (Å²) in [5, 5.41) is 9.13. The Kier molecular flexibility index (Phi) is 1.24. The van der Waals surface area contributed by atoms with Gasteiger partial charge in [0.1, 0.15) is 11.2 Å². The largest absolute Gasteiger partial charge is 0.448 e. The summed E-state index contributed by atoms with van der Waals surface area (Å²) in [5.74, 6) is 0.713. The summed E-state index contributed by atoms with van der Waals surface area (Å²) >= 11 is 5.58. The molecule has 1 aliphatic carbocycles. The Morgan fingerprint density at radius 3 is 2.64 bits per heavy atom. The molecule has 0 spiro atoms. The highest BCUT2D eigenvalue weighted by Crippen LogP contribution is 2.48. The summed E-state index contributed by atoms with van der Waals surface area (Å²) in [6.07, 6.45) is 1.79. The highest BCUT2D eigenvalue weighted by atomic mass is 35.5. The predicted molar refractivity (Wildman–Crippen MR) is 40.2 cm³/mol. The zero-order valence-corrected chi connectivity index (χ0v) is 6.56. The van der Waals surface area contributed by atoms with E-state index in [2.05, 4.69) is 6.07 Å². The summed E-state index contributed by atoms with van der Waals surface area (Å²) in [7, 11) is 0. The molecule has 0 aromatic carbocycles. The Labute approximate surface area is 69.4 Å². The maximum Gasteiger partial charge on any atom is 0.193 e. The lowest BCUT2D eigenvalue weighted by atomic mass is 10.1. The molecule has 1 aliphatic rings. The Hall–Kier alpha value is -0.940. The van der Waals surface area contributed by atoms with Crippen LogP contribution in [0.2, 0.25) is 5.22 Å². The van der Waals surface area contributed by atoms with Gasteiger partial charge in [-0.2, -0.15) is 5.26 Å². The minimum absolute atomic E-state index is 0.340. The van der Waals surface area contributed by atoms with E-state index in [0.717, 1.165) is 12.8 Å². The average molecular weight is 168 g/mol. The van der Waals surface area contributed by atoms with E-state index in [1.54, 1.807) is 12.1 Å². The molecule has 0 aliphatic heterocycles. The quantitative estimate of drug-likeness (QED) is 0.645. The first-order valence-corrected chi connectivity index (χ1v) is 3.82. The third-order valence-electron chi connectivity index (χ3n) is 2.01. The van der Waals surface area contributed by atoms with E-state index >= 15 is 0 Å². The zero-order chi connectivity index (χ0) is 7.90. The third kappa shape index (κ3) is 0.928. The van der Waals surface area contributed by atoms with Crippen LogP contribution in [-0.2, 0) is 5.41 Å². The first-order chi connectivity index (χ1) is 5.27. The summed E-state index contributed by atoms with van der Waals surface area (Å²) in [6, 6.07) is 5.68. The van der Waals surface area contributed by atoms with Crippen LogP contribution in [0.4, 0.5) is 0 Å². The molecular weight excluding hydrogens is 162 g/mol. The fraction of sp³-hybridized carbons (Fsp3) is 0.375. The van der Waals surface area contributed by atoms with Crippen LogP contribution < -0.4 is 0 Å². The van der Waals surface area contributed by atoms with Gasteiger partial charge in [0.2, 0.25) is 0 Å². The normalized spacial score (nSPS) is 19.3. The molecule has 3 heteroatoms. The molecule has 2 nitrogen and oxygen atoms in total. The highest BCUT2D eigenvalue weighted by Gasteiger charge is 2.47. The van der Waals surface area contributed by atoms with Crippen LogP contribution in [0, 0.1) is 11.3 Å². The van der Waals surface area contributed by atoms with E-state index in [1.165, 1.54) is 0 Å². The number of nitrogens with zero attached hydrogens (tertiary/aromatic N) is 1. The van der Waals surface area contributed by atoms with Crippen LogP contribution in [0.15, 0.2) is 16.5 Å². The number of nitriles is 1. The van der Waals surface area contributed by atoms with Crippen LogP contribution in [0.1, 0.15) is 18.6 Å². The second kappa shape index (κ2) is 2.02. The summed E-state index contributed by atoms with van der Waals surface area (Å²) in [5.41, 5.74) is -0.340. The molecule has 2 rings (SSSR count). The molecule has 0 saturated heterocycles. The van der Waals surface area contributed by atoms with Crippen molar-refractivity contribution in [1.82, 2.24) is 0 Å². The smallest absolute Gasteiger partial charge is 0.193 e. The molecule has 0 radical (unpaired) electrons. The van der Waals surface area contributed by atoms with Crippen LogP contribution in [-0.4, -0.2) is 0 Å². The second-order valence-corrected chi connectivity index (χ2v) is 3.17. The molecule has 1 aromatic rings. The van der Waals surface area contributed by atoms with Gasteiger partial charge in [-0.1, -0.05) is 0 Å². The SMILES string of the molecule is N#CC1(c2ccc(Cl)o2)CC1. The third-order valence-corrected chi connectivity index (χ3v) is 2.21. The van der Waals surface area contributed by atoms with Gasteiger partial charge in [0.15, 0.2) is 5.22 Å². The Morgan fingerprint density at radius 2 is 2.27 bits per heavy atom. The van der Waals surface area contributed by atoms with Crippen molar-refractivity contribution < 1.29 is 4.42 Å². The molecule has 0 amide bonds. The number of hydrogen-bond donors (Lipinski definition) is 0. The minimum atomic E-state index is -0.340. The van der Waals surface area contributed by atoms with Gasteiger partial charge in [-0.3, -0.25) is 0 Å². The Bertz CT molecular complexity index is 319. The molecule has 0 N–H and O–H groups in total. The van der Waals surface area contributed by atoms with Gasteiger partial charge in [-0.15, -0.1) is 0 Å². The van der Waals surface area contributed by atoms with Crippen LogP contribution >= 0.6 is 11.6 Å². The molecule has 1 saturated carbocycles. The zero-order valence-electron chi connectivity index (χ0n) is 5.80. The van der Waals surface area contributed by atoms with Crippen LogP contribution in [0.3, 0.4) is 0 Å². The van der Waals surface area contributed by atoms with Crippen LogP contribution in [0.5, 0.6) is 0 Å². The first-order valence-electron chi connectivity index (χ1n) is 3.44. The van der Waals surface area contributed by atoms with Crippen molar-refractivity contribution in [3.63, 3.8) is 0 Å². The summed E-state index contributed by atoms with van der Waals surface area (Å²) in [4.78, 5) is 0. The molecule has 11 heavy (non-hydrogen) atoms. The predicted octanol–water partition coefficient (Wildman–Crippen LogP) is 2.49. The van der Waals surface area contributed by atoms with E-state index in [1.807, 2.05) is 0 Å². The molecule has 1 heterocycles. The molecule has 0 unspecified atom stereocenters. The Morgan fingerprint density at radius 1 is 1.55 bits per heavy atom. The first kappa shape index (κ1) is 6.75. The maximum atomic E-state index is 8.77. The Balaban J connectivity index is 2.38. The maximum absolute atomic E-state index is 8.77. The van der Waals surface area contributed by atoms with Crippen molar-refractivity contribution in [2.45, 2.75) is 18.3 Å². The van der Waals surface area contributed by atoms with E-state index in [9.17, 15) is 0 Å². The van der Waals surface area contributed by atoms with E-state index in [-0.39, 0.29) is 5.41 Å². The minimum Gasteiger partial charge on any atom is -0.448 e. The van der Waals surface area contributed by atoms with Crippen molar-refractivity contribution in [2.24, 2.45) is 0 Å². The van der Waals surface area contributed by atoms with Gasteiger partial charge in [-0.25, -0.2) is 0 Å². The number of furan rings is 1. The average Bonchev–Trinajstić information content (AvgIpc) is 2.70. The van der Waals surface area contributed by atoms with Gasteiger partial charge in [0, 0.05) is 0 Å². The molecular formula is C8H6ClNO. The molecule has 0 atom stereocenters. The van der Waals surface area contributed by atoms with Gasteiger partial charge >= 0.3 is 0 Å². The van der Waals surface area contributed by atoms with Gasteiger partial charge in [-0.05, 0) is 36.6 Å². The lowest BCUT2D eigenvalue weighted by Crippen LogP contribution is -1.99. The van der Waals surface area contributed by atoms with Gasteiger partial charge in [0.25, 0.3) is 0 Å². The van der Waals surface area contributed by atoms with Crippen molar-refractivity contribution >= 4 is 11.6 Å². The fourth-order valence-corrected chi connectivity index (χ4v) is 1.26. The van der Waals surface area contributed by atoms with Gasteiger partial charge in [0.05, 0.1) is 6.07 Å². The summed E-state index contributed by atoms with van der Waals surface area (Å²) < 4.78 is 5.14. The lowest BCUT2D eigenvalue weighted by Gasteiger charge is -1.97. The van der Waals surface area contributed by atoms with Gasteiger partial charge < -0.3 is 4.42 Å². The van der Waals surface area contributed by atoms with E-state index in [0.29, 0.717) is 11.0 Å². The van der Waals surface area contributed by atoms with Crippen molar-refractivity contribution in [2.75, 3.05) is 0 Å². The van der Waals surface area contributed by atoms with Crippen molar-refractivity contribution in [1.29, 1.82) is 5.26 Å². The van der Waals surface area contributed by atoms with Crippen molar-refractivity contribution in [3.8, 4) is 6.07 Å². The highest BCUT2D eigenvalue weighted by molar-refractivity contribution is 6.28. The molecule has 1 fully saturated rings.